The highest BCUT2D eigenvalue weighted by molar-refractivity contribution is 6.30. The highest BCUT2D eigenvalue weighted by Gasteiger charge is 2.39. The summed E-state index contributed by atoms with van der Waals surface area (Å²) in [5, 5.41) is 4.92. The number of rotatable bonds is 5. The number of likely N-dealkylation sites (tertiary alicyclic amines) is 1. The molecule has 0 aromatic heterocycles. The van der Waals surface area contributed by atoms with Crippen molar-refractivity contribution < 1.29 is 31.9 Å². The number of carbonyl (C=O) groups excluding carboxylic acids is 2. The number of alkyl carbamates (subject to hydrolysis) is 1. The van der Waals surface area contributed by atoms with Crippen LogP contribution >= 0.6 is 11.6 Å². The minimum absolute atomic E-state index is 0.00751. The fraction of sp³-hybridized carbons (Fsp3) is 0.529. The van der Waals surface area contributed by atoms with E-state index in [2.05, 4.69) is 10.6 Å². The van der Waals surface area contributed by atoms with E-state index in [1.165, 1.54) is 17.0 Å². The van der Waals surface area contributed by atoms with E-state index in [1.54, 1.807) is 0 Å². The van der Waals surface area contributed by atoms with Gasteiger partial charge >= 0.3 is 12.3 Å². The van der Waals surface area contributed by atoms with Crippen LogP contribution in [-0.2, 0) is 9.53 Å². The van der Waals surface area contributed by atoms with Gasteiger partial charge in [-0.1, -0.05) is 17.7 Å². The molecule has 0 bridgehead atoms. The second kappa shape index (κ2) is 8.12. The first-order valence-electron chi connectivity index (χ1n) is 8.61. The summed E-state index contributed by atoms with van der Waals surface area (Å²) in [6.45, 7) is -0.738. The number of nitrogens with zero attached hydrogens (tertiary/aromatic N) is 1. The summed E-state index contributed by atoms with van der Waals surface area (Å²) in [5.74, 6) is -1.58. The highest BCUT2D eigenvalue weighted by Crippen LogP contribution is 2.33. The zero-order valence-electron chi connectivity index (χ0n) is 14.6. The van der Waals surface area contributed by atoms with E-state index in [0.717, 1.165) is 6.07 Å². The van der Waals surface area contributed by atoms with Crippen molar-refractivity contribution in [2.45, 2.75) is 24.7 Å². The Kier molecular flexibility index (Phi) is 5.99. The molecule has 2 fully saturated rings. The van der Waals surface area contributed by atoms with Crippen LogP contribution in [0.5, 0.6) is 0 Å². The molecule has 0 aliphatic carbocycles. The summed E-state index contributed by atoms with van der Waals surface area (Å²) >= 11 is 5.84. The lowest BCUT2D eigenvalue weighted by molar-refractivity contribution is -0.144. The number of cyclic esters (lactones) is 1. The van der Waals surface area contributed by atoms with Crippen LogP contribution in [-0.4, -0.2) is 55.4 Å². The van der Waals surface area contributed by atoms with E-state index in [1.807, 2.05) is 0 Å². The molecule has 2 saturated heterocycles. The number of hydrogen-bond donors (Lipinski definition) is 2. The average Bonchev–Trinajstić information content (AvgIpc) is 3.23. The van der Waals surface area contributed by atoms with Crippen molar-refractivity contribution in [3.63, 3.8) is 0 Å². The lowest BCUT2D eigenvalue weighted by Crippen LogP contribution is -2.42. The summed E-state index contributed by atoms with van der Waals surface area (Å²) in [7, 11) is 0. The van der Waals surface area contributed by atoms with Crippen molar-refractivity contribution in [1.82, 2.24) is 15.5 Å². The fourth-order valence-electron chi connectivity index (χ4n) is 3.49. The highest BCUT2D eigenvalue weighted by atomic mass is 35.5. The maximum Gasteiger partial charge on any atom is 0.408 e. The van der Waals surface area contributed by atoms with Gasteiger partial charge in [0.25, 0.3) is 5.91 Å². The molecule has 1 aromatic carbocycles. The largest absolute Gasteiger partial charge is 0.434 e. The van der Waals surface area contributed by atoms with E-state index in [9.17, 15) is 27.2 Å². The molecule has 2 amide bonds. The number of halogens is 5. The van der Waals surface area contributed by atoms with Gasteiger partial charge in [-0.2, -0.15) is 13.2 Å². The molecule has 154 valence electrons. The number of nitrogens with one attached hydrogen (secondary N) is 2. The maximum absolute atomic E-state index is 13.5. The van der Waals surface area contributed by atoms with E-state index >= 15 is 0 Å². The number of benzene rings is 1. The molecular weight excluding hydrogens is 406 g/mol. The van der Waals surface area contributed by atoms with Gasteiger partial charge in [0.1, 0.15) is 5.82 Å². The van der Waals surface area contributed by atoms with Gasteiger partial charge in [-0.25, -0.2) is 9.18 Å². The standard InChI is InChI=1S/C17H18ClF4N3O3/c18-11-5-9(1-2-12(11)19)14(24-15(26)13-6-23-16(27)28-13)10-3-4-25(7-10)8-17(20,21)22/h1-2,5,10,13-14H,3-4,6-8H2,(H,23,27)(H,24,26)/t10-,13+,14+/m1/s1. The molecule has 0 spiro atoms. The van der Waals surface area contributed by atoms with Crippen molar-refractivity contribution in [1.29, 1.82) is 0 Å². The molecule has 2 N–H and O–H groups in total. The molecular formula is C17H18ClF4N3O3. The monoisotopic (exact) mass is 423 g/mol. The van der Waals surface area contributed by atoms with E-state index in [0.29, 0.717) is 12.0 Å². The molecule has 0 unspecified atom stereocenters. The Morgan fingerprint density at radius 2 is 2.18 bits per heavy atom. The molecule has 1 aromatic rings. The fourth-order valence-corrected chi connectivity index (χ4v) is 3.68. The van der Waals surface area contributed by atoms with Gasteiger partial charge in [0.2, 0.25) is 0 Å². The van der Waals surface area contributed by atoms with Gasteiger partial charge < -0.3 is 15.4 Å². The molecule has 0 saturated carbocycles. The maximum atomic E-state index is 13.5. The van der Waals surface area contributed by atoms with Crippen LogP contribution in [0.25, 0.3) is 0 Å². The molecule has 28 heavy (non-hydrogen) atoms. The van der Waals surface area contributed by atoms with E-state index in [4.69, 9.17) is 16.3 Å². The second-order valence-electron chi connectivity index (χ2n) is 6.83. The first kappa shape index (κ1) is 20.7. The van der Waals surface area contributed by atoms with Crippen LogP contribution in [0.1, 0.15) is 18.0 Å². The first-order chi connectivity index (χ1) is 13.1. The summed E-state index contributed by atoms with van der Waals surface area (Å²) in [6, 6.07) is 3.20. The lowest BCUT2D eigenvalue weighted by atomic mass is 9.92. The molecule has 6 nitrogen and oxygen atoms in total. The topological polar surface area (TPSA) is 70.7 Å². The summed E-state index contributed by atoms with van der Waals surface area (Å²) in [4.78, 5) is 24.9. The Balaban J connectivity index is 1.77. The minimum Gasteiger partial charge on any atom is -0.434 e. The van der Waals surface area contributed by atoms with Gasteiger partial charge in [0.05, 0.1) is 24.2 Å². The Labute approximate surface area is 163 Å². The molecule has 3 rings (SSSR count). The number of amides is 2. The number of carbonyl (C=O) groups is 2. The van der Waals surface area contributed by atoms with E-state index in [-0.39, 0.29) is 30.6 Å². The number of hydrogen-bond acceptors (Lipinski definition) is 4. The summed E-state index contributed by atoms with van der Waals surface area (Å²) < 4.78 is 56.4. The molecule has 2 aliphatic heterocycles. The van der Waals surface area contributed by atoms with Crippen LogP contribution in [0, 0.1) is 11.7 Å². The summed E-state index contributed by atoms with van der Waals surface area (Å²) in [6.07, 6.45) is -5.69. The first-order valence-corrected chi connectivity index (χ1v) is 8.99. The Hall–Kier alpha value is -2.07. The van der Waals surface area contributed by atoms with Crippen LogP contribution < -0.4 is 10.6 Å². The quantitative estimate of drug-likeness (QED) is 0.714. The van der Waals surface area contributed by atoms with Crippen LogP contribution in [0.4, 0.5) is 22.4 Å². The molecule has 11 heteroatoms. The van der Waals surface area contributed by atoms with Gasteiger partial charge in [0, 0.05) is 6.54 Å². The molecule has 3 atom stereocenters. The van der Waals surface area contributed by atoms with Gasteiger partial charge in [-0.05, 0) is 36.6 Å². The minimum atomic E-state index is -4.32. The SMILES string of the molecule is O=C1NC[C@@H](C(=O)N[C@@H](c2ccc(F)c(Cl)c2)[C@@H]2CCN(CC(F)(F)F)C2)O1. The second-order valence-corrected chi connectivity index (χ2v) is 7.24. The van der Waals surface area contributed by atoms with Gasteiger partial charge in [-0.15, -0.1) is 0 Å². The van der Waals surface area contributed by atoms with Crippen molar-refractivity contribution in [2.75, 3.05) is 26.2 Å². The Morgan fingerprint density at radius 1 is 1.43 bits per heavy atom. The third-order valence-corrected chi connectivity index (χ3v) is 5.05. The zero-order valence-corrected chi connectivity index (χ0v) is 15.3. The van der Waals surface area contributed by atoms with Crippen LogP contribution in [0.15, 0.2) is 18.2 Å². The van der Waals surface area contributed by atoms with Crippen molar-refractivity contribution in [3.05, 3.63) is 34.6 Å². The predicted octanol–water partition coefficient (Wildman–Crippen LogP) is 2.63. The smallest absolute Gasteiger partial charge is 0.408 e. The average molecular weight is 424 g/mol. The Bertz CT molecular complexity index is 762. The summed E-state index contributed by atoms with van der Waals surface area (Å²) in [5.41, 5.74) is 0.468. The normalized spacial score (nSPS) is 24.0. The van der Waals surface area contributed by atoms with Crippen molar-refractivity contribution in [2.24, 2.45) is 5.92 Å². The van der Waals surface area contributed by atoms with Crippen LogP contribution in [0.2, 0.25) is 5.02 Å². The van der Waals surface area contributed by atoms with E-state index < -0.39 is 42.7 Å². The van der Waals surface area contributed by atoms with Crippen molar-refractivity contribution in [3.8, 4) is 0 Å². The lowest BCUT2D eigenvalue weighted by Gasteiger charge is -2.27. The van der Waals surface area contributed by atoms with Crippen LogP contribution in [0.3, 0.4) is 0 Å². The number of ether oxygens (including phenoxy) is 1. The number of alkyl halides is 3. The van der Waals surface area contributed by atoms with Crippen molar-refractivity contribution >= 4 is 23.6 Å². The third-order valence-electron chi connectivity index (χ3n) is 4.76. The Morgan fingerprint density at radius 3 is 2.79 bits per heavy atom. The van der Waals surface area contributed by atoms with Gasteiger partial charge in [0.15, 0.2) is 6.10 Å². The predicted molar refractivity (Wildman–Crippen MR) is 91.2 cm³/mol. The third kappa shape index (κ3) is 5.05. The molecule has 2 aliphatic rings. The molecule has 2 heterocycles. The zero-order chi connectivity index (χ0) is 20.5. The van der Waals surface area contributed by atoms with Gasteiger partial charge in [-0.3, -0.25) is 9.69 Å². The molecule has 0 radical (unpaired) electrons.